The second-order valence-corrected chi connectivity index (χ2v) is 6.97. The minimum atomic E-state index is -0.385. The van der Waals surface area contributed by atoms with Gasteiger partial charge in [0, 0.05) is 31.1 Å². The average Bonchev–Trinajstić information content (AvgIpc) is 2.89. The van der Waals surface area contributed by atoms with Crippen LogP contribution in [-0.4, -0.2) is 40.6 Å². The van der Waals surface area contributed by atoms with Gasteiger partial charge in [0.15, 0.2) is 0 Å². The zero-order chi connectivity index (χ0) is 18.3. The van der Waals surface area contributed by atoms with Crippen LogP contribution in [0.5, 0.6) is 0 Å². The summed E-state index contributed by atoms with van der Waals surface area (Å²) in [7, 11) is 0. The van der Waals surface area contributed by atoms with Crippen LogP contribution < -0.4 is 0 Å². The van der Waals surface area contributed by atoms with Crippen LogP contribution in [0.15, 0.2) is 42.5 Å². The van der Waals surface area contributed by atoms with E-state index in [2.05, 4.69) is 6.07 Å². The minimum absolute atomic E-state index is 0.0471. The molecule has 0 unspecified atom stereocenters. The molecule has 0 aromatic heterocycles. The number of halogens is 1. The third-order valence-corrected chi connectivity index (χ3v) is 5.20. The molecule has 2 aromatic rings. The Hall–Kier alpha value is -2.66. The fraction of sp³-hybridized carbons (Fsp3) is 0.250. The zero-order valence-corrected chi connectivity index (χ0v) is 14.8. The molecule has 0 saturated heterocycles. The number of benzene rings is 2. The van der Waals surface area contributed by atoms with Crippen molar-refractivity contribution in [2.75, 3.05) is 13.1 Å². The van der Waals surface area contributed by atoms with E-state index in [4.69, 9.17) is 11.6 Å². The molecule has 2 aliphatic rings. The van der Waals surface area contributed by atoms with Crippen LogP contribution in [0.4, 0.5) is 0 Å². The van der Waals surface area contributed by atoms with Crippen molar-refractivity contribution >= 4 is 29.3 Å². The van der Waals surface area contributed by atoms with Gasteiger partial charge in [-0.25, -0.2) is 0 Å². The Kier molecular flexibility index (Phi) is 4.24. The molecule has 4 rings (SSSR count). The van der Waals surface area contributed by atoms with Gasteiger partial charge in [0.2, 0.25) is 5.91 Å². The summed E-state index contributed by atoms with van der Waals surface area (Å²) in [6, 6.07) is 12.7. The van der Waals surface area contributed by atoms with Crippen LogP contribution in [0, 0.1) is 0 Å². The number of amides is 3. The van der Waals surface area contributed by atoms with E-state index in [1.54, 1.807) is 17.0 Å². The average molecular weight is 369 g/mol. The number of rotatable bonds is 3. The van der Waals surface area contributed by atoms with E-state index in [0.29, 0.717) is 29.2 Å². The standard InChI is InChI=1S/C20H17ClN2O3/c21-15-5-6-16-17(11-15)20(26)23(19(16)25)10-8-18(24)22-9-7-13-3-1-2-4-14(13)12-22/h1-6,11H,7-10,12H2. The van der Waals surface area contributed by atoms with Gasteiger partial charge in [-0.2, -0.15) is 0 Å². The molecule has 0 aliphatic carbocycles. The maximum atomic E-state index is 12.6. The number of carbonyl (C=O) groups excluding carboxylic acids is 3. The van der Waals surface area contributed by atoms with Crippen LogP contribution in [-0.2, 0) is 17.8 Å². The summed E-state index contributed by atoms with van der Waals surface area (Å²) < 4.78 is 0. The van der Waals surface area contributed by atoms with Crippen LogP contribution >= 0.6 is 11.6 Å². The monoisotopic (exact) mass is 368 g/mol. The minimum Gasteiger partial charge on any atom is -0.338 e. The van der Waals surface area contributed by atoms with Gasteiger partial charge in [-0.1, -0.05) is 35.9 Å². The summed E-state index contributed by atoms with van der Waals surface area (Å²) in [6.07, 6.45) is 0.953. The van der Waals surface area contributed by atoms with Crippen molar-refractivity contribution in [2.24, 2.45) is 0 Å². The molecule has 0 fully saturated rings. The molecule has 5 nitrogen and oxygen atoms in total. The van der Waals surface area contributed by atoms with Crippen molar-refractivity contribution in [3.8, 4) is 0 Å². The topological polar surface area (TPSA) is 57.7 Å². The smallest absolute Gasteiger partial charge is 0.261 e. The van der Waals surface area contributed by atoms with E-state index in [0.717, 1.165) is 16.9 Å². The Morgan fingerprint density at radius 1 is 1.00 bits per heavy atom. The predicted octanol–water partition coefficient (Wildman–Crippen LogP) is 2.91. The van der Waals surface area contributed by atoms with Gasteiger partial charge in [-0.3, -0.25) is 19.3 Å². The lowest BCUT2D eigenvalue weighted by molar-refractivity contribution is -0.132. The molecule has 3 amide bonds. The highest BCUT2D eigenvalue weighted by Crippen LogP contribution is 2.26. The van der Waals surface area contributed by atoms with E-state index in [1.165, 1.54) is 11.6 Å². The maximum absolute atomic E-state index is 12.6. The Morgan fingerprint density at radius 2 is 1.73 bits per heavy atom. The van der Waals surface area contributed by atoms with E-state index >= 15 is 0 Å². The van der Waals surface area contributed by atoms with Gasteiger partial charge >= 0.3 is 0 Å². The van der Waals surface area contributed by atoms with E-state index in [-0.39, 0.29) is 30.7 Å². The van der Waals surface area contributed by atoms with Crippen molar-refractivity contribution in [3.05, 3.63) is 69.7 Å². The fourth-order valence-electron chi connectivity index (χ4n) is 3.54. The van der Waals surface area contributed by atoms with Gasteiger partial charge in [0.1, 0.15) is 0 Å². The predicted molar refractivity (Wildman–Crippen MR) is 97.0 cm³/mol. The molecule has 0 atom stereocenters. The quantitative estimate of drug-likeness (QED) is 0.783. The number of imide groups is 1. The second-order valence-electron chi connectivity index (χ2n) is 6.54. The SMILES string of the molecule is O=C(CCN1C(=O)c2ccc(Cl)cc2C1=O)N1CCc2ccccc2C1. The van der Waals surface area contributed by atoms with Crippen LogP contribution in [0.25, 0.3) is 0 Å². The van der Waals surface area contributed by atoms with Gasteiger partial charge in [0.25, 0.3) is 11.8 Å². The molecule has 6 heteroatoms. The molecule has 0 radical (unpaired) electrons. The Labute approximate surface area is 156 Å². The lowest BCUT2D eigenvalue weighted by Gasteiger charge is -2.29. The van der Waals surface area contributed by atoms with Crippen molar-refractivity contribution in [1.82, 2.24) is 9.80 Å². The third-order valence-electron chi connectivity index (χ3n) is 4.97. The van der Waals surface area contributed by atoms with Crippen LogP contribution in [0.1, 0.15) is 38.3 Å². The second kappa shape index (κ2) is 6.57. The molecule has 2 aliphatic heterocycles. The first kappa shape index (κ1) is 16.8. The number of hydrogen-bond donors (Lipinski definition) is 0. The maximum Gasteiger partial charge on any atom is 0.261 e. The highest BCUT2D eigenvalue weighted by Gasteiger charge is 2.36. The molecule has 0 saturated carbocycles. The lowest BCUT2D eigenvalue weighted by Crippen LogP contribution is -2.39. The number of nitrogens with zero attached hydrogens (tertiary/aromatic N) is 2. The van der Waals surface area contributed by atoms with E-state index in [1.807, 2.05) is 18.2 Å². The third kappa shape index (κ3) is 2.88. The van der Waals surface area contributed by atoms with E-state index < -0.39 is 0 Å². The summed E-state index contributed by atoms with van der Waals surface area (Å²) >= 11 is 5.91. The molecule has 0 spiro atoms. The van der Waals surface area contributed by atoms with Crippen molar-refractivity contribution in [2.45, 2.75) is 19.4 Å². The normalized spacial score (nSPS) is 15.9. The molecular weight excluding hydrogens is 352 g/mol. The van der Waals surface area contributed by atoms with Gasteiger partial charge in [0.05, 0.1) is 11.1 Å². The molecule has 0 N–H and O–H groups in total. The number of carbonyl (C=O) groups is 3. The van der Waals surface area contributed by atoms with Gasteiger partial charge in [-0.05, 0) is 35.7 Å². The van der Waals surface area contributed by atoms with Crippen molar-refractivity contribution in [3.63, 3.8) is 0 Å². The Bertz CT molecular complexity index is 925. The molecule has 26 heavy (non-hydrogen) atoms. The first-order valence-electron chi connectivity index (χ1n) is 8.55. The molecule has 0 bridgehead atoms. The Balaban J connectivity index is 1.41. The number of fused-ring (bicyclic) bond motifs is 2. The van der Waals surface area contributed by atoms with Gasteiger partial charge < -0.3 is 4.90 Å². The van der Waals surface area contributed by atoms with Crippen molar-refractivity contribution in [1.29, 1.82) is 0 Å². The van der Waals surface area contributed by atoms with E-state index in [9.17, 15) is 14.4 Å². The van der Waals surface area contributed by atoms with Crippen LogP contribution in [0.2, 0.25) is 5.02 Å². The molecular formula is C20H17ClN2O3. The van der Waals surface area contributed by atoms with Gasteiger partial charge in [-0.15, -0.1) is 0 Å². The van der Waals surface area contributed by atoms with Crippen LogP contribution in [0.3, 0.4) is 0 Å². The highest BCUT2D eigenvalue weighted by atomic mass is 35.5. The number of hydrogen-bond acceptors (Lipinski definition) is 3. The zero-order valence-electron chi connectivity index (χ0n) is 14.1. The Morgan fingerprint density at radius 3 is 2.54 bits per heavy atom. The highest BCUT2D eigenvalue weighted by molar-refractivity contribution is 6.32. The fourth-order valence-corrected chi connectivity index (χ4v) is 3.71. The first-order valence-corrected chi connectivity index (χ1v) is 8.92. The summed E-state index contributed by atoms with van der Waals surface area (Å²) in [5.74, 6) is -0.795. The summed E-state index contributed by atoms with van der Waals surface area (Å²) in [4.78, 5) is 40.3. The molecule has 132 valence electrons. The molecule has 2 aromatic carbocycles. The molecule has 2 heterocycles. The summed E-state index contributed by atoms with van der Waals surface area (Å²) in [6.45, 7) is 1.32. The van der Waals surface area contributed by atoms with Crippen molar-refractivity contribution < 1.29 is 14.4 Å². The largest absolute Gasteiger partial charge is 0.338 e. The summed E-state index contributed by atoms with van der Waals surface area (Å²) in [5, 5.41) is 0.412. The lowest BCUT2D eigenvalue weighted by atomic mass is 10.00. The first-order chi connectivity index (χ1) is 12.5. The summed E-state index contributed by atoms with van der Waals surface area (Å²) in [5.41, 5.74) is 3.08.